The largest absolute Gasteiger partial charge is 2.00 e. The minimum absolute atomic E-state index is 0. The predicted molar refractivity (Wildman–Crippen MR) is 48.1 cm³/mol. The van der Waals surface area contributed by atoms with Crippen LogP contribution >= 0.6 is 0 Å². The van der Waals surface area contributed by atoms with Crippen molar-refractivity contribution in [1.82, 2.24) is 0 Å². The Bertz CT molecular complexity index is 38.0. The van der Waals surface area contributed by atoms with Gasteiger partial charge >= 0.3 is 244 Å². The van der Waals surface area contributed by atoms with Crippen molar-refractivity contribution in [3.63, 3.8) is 0 Å². The molecule has 0 spiro atoms. The minimum Gasteiger partial charge on any atom is -0.870 e. The second-order valence-corrected chi connectivity index (χ2v) is 0. The van der Waals surface area contributed by atoms with Crippen molar-refractivity contribution in [3.8, 4) is 0 Å². The van der Waals surface area contributed by atoms with Gasteiger partial charge in [0.25, 0.3) is 0 Å². The fourth-order valence-electron chi connectivity index (χ4n) is 0. The maximum Gasteiger partial charge on any atom is 2.00 e. The molecule has 0 unspecified atom stereocenters. The van der Waals surface area contributed by atoms with Crippen molar-refractivity contribution in [2.24, 2.45) is 0 Å². The second kappa shape index (κ2) is 161. The van der Waals surface area contributed by atoms with Crippen molar-refractivity contribution >= 4 is 244 Å². The molecule has 0 bridgehead atoms. The topological polar surface area (TPSA) is 300 Å². The van der Waals surface area contributed by atoms with Crippen molar-refractivity contribution in [2.45, 2.75) is 0 Å². The third-order valence-electron chi connectivity index (χ3n) is 0. The normalized spacial score (nSPS) is 4.67. The van der Waals surface area contributed by atoms with Crippen molar-refractivity contribution in [3.05, 3.63) is 0 Å². The third-order valence-corrected chi connectivity index (χ3v) is 0. The SMILES string of the molecule is [2H][O-].[2H][O-].[2H][O-].[2H][O-].[2H][O-].[2H][O-].[2H][O-].[2H][O-].[2H][O-].[2H][O-].[Ba+2].[Ba+2].[Ba+2].[Ba+2].[Ba+2]. The monoisotopic (exact) mass is 870 g/mol. The third kappa shape index (κ3) is 146. The molecule has 0 heterocycles. The molecule has 10 nitrogen and oxygen atoms in total. The summed E-state index contributed by atoms with van der Waals surface area (Å²) in [5.41, 5.74) is 75.0. The molecule has 0 atom stereocenters. The van der Waals surface area contributed by atoms with Gasteiger partial charge in [-0.3, -0.25) is 0 Å². The van der Waals surface area contributed by atoms with Crippen LogP contribution in [0.4, 0.5) is 0 Å². The van der Waals surface area contributed by atoms with Crippen LogP contribution in [0.1, 0.15) is 14.3 Å². The van der Waals surface area contributed by atoms with E-state index in [-0.39, 0.29) is 244 Å². The number of hydrogen-bond donors (Lipinski definition) is 0. The van der Waals surface area contributed by atoms with Crippen LogP contribution in [0.2, 0.25) is 0 Å². The van der Waals surface area contributed by atoms with Gasteiger partial charge in [-0.15, -0.1) is 14.3 Å². The molecule has 10 N–H and O–H groups in total. The van der Waals surface area contributed by atoms with E-state index in [1.807, 2.05) is 0 Å². The van der Waals surface area contributed by atoms with Gasteiger partial charge in [0, 0.05) is 0 Å². The average Bonchev–Trinajstić information content (AvgIpc) is 2.71. The standard InChI is InChI=1S/5Ba.10H2O/h;;;;;10*1H2/q5*+2;;;;;;;;;;/p-10/i/hD10. The molecule has 0 saturated heterocycles. The molecule has 0 fully saturated rings. The Hall–Kier alpha value is 7.46. The van der Waals surface area contributed by atoms with Crippen LogP contribution in [0.15, 0.2) is 0 Å². The Labute approximate surface area is 304 Å². The summed E-state index contributed by atoms with van der Waals surface area (Å²) in [6.45, 7) is 0. The van der Waals surface area contributed by atoms with Gasteiger partial charge in [0.05, 0.1) is 0 Å². The maximum absolute atomic E-state index is 7.50. The average molecular weight is 867 g/mol. The summed E-state index contributed by atoms with van der Waals surface area (Å²) in [7, 11) is 0. The van der Waals surface area contributed by atoms with Gasteiger partial charge in [-0.05, 0) is 0 Å². The molecule has 15 heavy (non-hydrogen) atoms. The van der Waals surface area contributed by atoms with Gasteiger partial charge in [0.15, 0.2) is 0 Å². The second-order valence-electron chi connectivity index (χ2n) is 0. The first kappa shape index (κ1) is 33.9. The quantitative estimate of drug-likeness (QED) is 0.215. The minimum atomic E-state index is 0. The first-order valence-corrected chi connectivity index (χ1v) is 0. The summed E-state index contributed by atoms with van der Waals surface area (Å²) in [5.74, 6) is 0. The van der Waals surface area contributed by atoms with Crippen LogP contribution in [-0.2, 0) is 0 Å². The smallest absolute Gasteiger partial charge is 0.870 e. The Morgan fingerprint density at radius 3 is 0.267 bits per heavy atom. The van der Waals surface area contributed by atoms with Crippen molar-refractivity contribution < 1.29 is 69.1 Å². The fraction of sp³-hybridized carbons (Fsp3) is 0. The van der Waals surface area contributed by atoms with Crippen molar-refractivity contribution in [1.29, 1.82) is 0 Å². The van der Waals surface area contributed by atoms with Crippen LogP contribution in [0.5, 0.6) is 0 Å². The summed E-state index contributed by atoms with van der Waals surface area (Å²) in [5, 5.41) is 0. The number of rotatable bonds is 0. The zero-order chi connectivity index (χ0) is 20.0. The van der Waals surface area contributed by atoms with E-state index in [0.717, 1.165) is 0 Å². The Morgan fingerprint density at radius 1 is 0.267 bits per heavy atom. The summed E-state index contributed by atoms with van der Waals surface area (Å²) in [6, 6.07) is 0. The van der Waals surface area contributed by atoms with E-state index in [2.05, 4.69) is 14.3 Å². The molecule has 0 rings (SSSR count). The Kier molecular flexibility index (Phi) is 365. The number of hydrogen-bond acceptors (Lipinski definition) is 10. The Balaban J connectivity index is -0.00000000334. The van der Waals surface area contributed by atoms with Crippen LogP contribution in [0.3, 0.4) is 0 Å². The molecule has 80 valence electrons. The molecule has 0 saturated carbocycles. The molecule has 0 aliphatic rings. The van der Waals surface area contributed by atoms with Gasteiger partial charge in [-0.2, -0.15) is 0 Å². The van der Waals surface area contributed by atoms with Crippen LogP contribution in [0.25, 0.3) is 0 Å². The first-order valence-electron chi connectivity index (χ1n) is 4.08. The van der Waals surface area contributed by atoms with Crippen LogP contribution in [0, 0.1) is 0 Å². The van der Waals surface area contributed by atoms with Gasteiger partial charge in [-0.25, -0.2) is 0 Å². The molecule has 0 aromatic carbocycles. The molecule has 0 amide bonds. The van der Waals surface area contributed by atoms with Gasteiger partial charge in [0.1, 0.15) is 0 Å². The molecule has 0 aromatic heterocycles. The summed E-state index contributed by atoms with van der Waals surface area (Å²) in [4.78, 5) is 0. The molecule has 15 heteroatoms. The predicted octanol–water partition coefficient (Wildman–Crippen LogP) is -3.67. The van der Waals surface area contributed by atoms with Crippen LogP contribution in [-0.4, -0.2) is 299 Å². The van der Waals surface area contributed by atoms with E-state index in [1.54, 1.807) is 0 Å². The summed E-state index contributed by atoms with van der Waals surface area (Å²) in [6.07, 6.45) is 0. The molecular formula is H10Ba5O10. The Morgan fingerprint density at radius 2 is 0.267 bits per heavy atom. The van der Waals surface area contributed by atoms with E-state index in [0.29, 0.717) is 0 Å². The van der Waals surface area contributed by atoms with E-state index >= 15 is 0 Å². The van der Waals surface area contributed by atoms with E-state index in [9.17, 15) is 0 Å². The van der Waals surface area contributed by atoms with Gasteiger partial charge in [-0.1, -0.05) is 0 Å². The van der Waals surface area contributed by atoms with E-state index in [4.69, 9.17) is 54.8 Å². The summed E-state index contributed by atoms with van der Waals surface area (Å²) >= 11 is 0. The van der Waals surface area contributed by atoms with E-state index < -0.39 is 0 Å². The molecular weight excluding hydrogens is 847 g/mol. The first-order chi connectivity index (χ1) is 10.0. The van der Waals surface area contributed by atoms with Gasteiger partial charge < -0.3 is 54.8 Å². The summed E-state index contributed by atoms with van der Waals surface area (Å²) < 4.78 is 45.0. The van der Waals surface area contributed by atoms with E-state index in [1.165, 1.54) is 0 Å². The van der Waals surface area contributed by atoms with Gasteiger partial charge in [0.2, 0.25) is 0 Å². The van der Waals surface area contributed by atoms with Crippen molar-refractivity contribution in [2.75, 3.05) is 0 Å². The molecule has 0 radical (unpaired) electrons. The molecule has 0 aliphatic heterocycles. The fourth-order valence-corrected chi connectivity index (χ4v) is 0. The zero-order valence-corrected chi connectivity index (χ0v) is 29.8. The maximum atomic E-state index is 7.50. The zero-order valence-electron chi connectivity index (χ0n) is 17.6. The molecule has 0 aliphatic carbocycles. The van der Waals surface area contributed by atoms with Crippen LogP contribution < -0.4 is 0 Å². The molecule has 0 aromatic rings.